The average Bonchev–Trinajstić information content (AvgIpc) is 3.17. The SMILES string of the molecule is COc1ccccc1NC(=O)[C@H](C)Nc1ccc(N2CCCC2)cc1. The van der Waals surface area contributed by atoms with Crippen molar-refractivity contribution >= 4 is 23.0 Å². The summed E-state index contributed by atoms with van der Waals surface area (Å²) in [5, 5.41) is 6.15. The average molecular weight is 339 g/mol. The molecule has 1 aliphatic rings. The van der Waals surface area contributed by atoms with Gasteiger partial charge in [0.15, 0.2) is 0 Å². The lowest BCUT2D eigenvalue weighted by Gasteiger charge is -2.19. The zero-order valence-corrected chi connectivity index (χ0v) is 14.8. The van der Waals surface area contributed by atoms with Crippen LogP contribution in [0.3, 0.4) is 0 Å². The number of para-hydroxylation sites is 2. The van der Waals surface area contributed by atoms with Gasteiger partial charge in [-0.1, -0.05) is 12.1 Å². The first-order chi connectivity index (χ1) is 12.2. The molecule has 1 heterocycles. The molecule has 0 bridgehead atoms. The highest BCUT2D eigenvalue weighted by molar-refractivity contribution is 5.97. The fourth-order valence-electron chi connectivity index (χ4n) is 3.05. The Labute approximate surface area is 149 Å². The topological polar surface area (TPSA) is 53.6 Å². The van der Waals surface area contributed by atoms with E-state index in [0.717, 1.165) is 18.8 Å². The number of ether oxygens (including phenoxy) is 1. The van der Waals surface area contributed by atoms with E-state index in [1.54, 1.807) is 7.11 Å². The minimum Gasteiger partial charge on any atom is -0.495 e. The fraction of sp³-hybridized carbons (Fsp3) is 0.350. The van der Waals surface area contributed by atoms with Gasteiger partial charge in [-0.3, -0.25) is 4.79 Å². The third-order valence-electron chi connectivity index (χ3n) is 4.48. The van der Waals surface area contributed by atoms with E-state index in [1.165, 1.54) is 18.5 Å². The van der Waals surface area contributed by atoms with E-state index in [1.807, 2.05) is 43.3 Å². The van der Waals surface area contributed by atoms with Gasteiger partial charge in [0.1, 0.15) is 11.8 Å². The molecule has 0 aromatic heterocycles. The first-order valence-electron chi connectivity index (χ1n) is 8.73. The zero-order valence-electron chi connectivity index (χ0n) is 14.8. The minimum atomic E-state index is -0.359. The lowest BCUT2D eigenvalue weighted by Crippen LogP contribution is -2.32. The largest absolute Gasteiger partial charge is 0.495 e. The third-order valence-corrected chi connectivity index (χ3v) is 4.48. The van der Waals surface area contributed by atoms with Crippen molar-refractivity contribution in [3.63, 3.8) is 0 Å². The third kappa shape index (κ3) is 4.24. The van der Waals surface area contributed by atoms with Crippen LogP contribution in [0, 0.1) is 0 Å². The Bertz CT molecular complexity index is 709. The van der Waals surface area contributed by atoms with Gasteiger partial charge >= 0.3 is 0 Å². The lowest BCUT2D eigenvalue weighted by molar-refractivity contribution is -0.116. The molecule has 1 aliphatic heterocycles. The molecule has 1 fully saturated rings. The number of hydrogen-bond donors (Lipinski definition) is 2. The number of methoxy groups -OCH3 is 1. The number of rotatable bonds is 6. The summed E-state index contributed by atoms with van der Waals surface area (Å²) in [5.41, 5.74) is 2.85. The van der Waals surface area contributed by atoms with Crippen molar-refractivity contribution in [2.45, 2.75) is 25.8 Å². The van der Waals surface area contributed by atoms with Crippen LogP contribution in [0.1, 0.15) is 19.8 Å². The quantitative estimate of drug-likeness (QED) is 0.842. The molecule has 2 N–H and O–H groups in total. The van der Waals surface area contributed by atoms with Gasteiger partial charge in [0, 0.05) is 24.5 Å². The summed E-state index contributed by atoms with van der Waals surface area (Å²) in [5.74, 6) is 0.547. The Balaban J connectivity index is 1.59. The Kier molecular flexibility index (Phi) is 5.43. The lowest BCUT2D eigenvalue weighted by atomic mass is 10.2. The number of hydrogen-bond acceptors (Lipinski definition) is 4. The Hall–Kier alpha value is -2.69. The summed E-state index contributed by atoms with van der Waals surface area (Å²) >= 11 is 0. The smallest absolute Gasteiger partial charge is 0.246 e. The van der Waals surface area contributed by atoms with E-state index in [2.05, 4.69) is 27.7 Å². The van der Waals surface area contributed by atoms with Crippen LogP contribution in [-0.2, 0) is 4.79 Å². The minimum absolute atomic E-state index is 0.104. The van der Waals surface area contributed by atoms with Crippen molar-refractivity contribution in [2.75, 3.05) is 35.7 Å². The molecule has 2 aromatic carbocycles. The number of amides is 1. The van der Waals surface area contributed by atoms with Crippen molar-refractivity contribution in [3.8, 4) is 5.75 Å². The van der Waals surface area contributed by atoms with Crippen LogP contribution in [0.4, 0.5) is 17.1 Å². The molecule has 2 aromatic rings. The van der Waals surface area contributed by atoms with E-state index >= 15 is 0 Å². The van der Waals surface area contributed by atoms with Gasteiger partial charge in [-0.2, -0.15) is 0 Å². The Morgan fingerprint density at radius 1 is 1.08 bits per heavy atom. The maximum atomic E-state index is 12.4. The monoisotopic (exact) mass is 339 g/mol. The number of nitrogens with zero attached hydrogens (tertiary/aromatic N) is 1. The van der Waals surface area contributed by atoms with Crippen molar-refractivity contribution in [2.24, 2.45) is 0 Å². The van der Waals surface area contributed by atoms with Crippen molar-refractivity contribution < 1.29 is 9.53 Å². The van der Waals surface area contributed by atoms with E-state index in [-0.39, 0.29) is 11.9 Å². The predicted octanol–water partition coefficient (Wildman–Crippen LogP) is 3.73. The maximum absolute atomic E-state index is 12.4. The van der Waals surface area contributed by atoms with Crippen LogP contribution in [0.25, 0.3) is 0 Å². The highest BCUT2D eigenvalue weighted by Gasteiger charge is 2.15. The molecule has 5 heteroatoms. The summed E-state index contributed by atoms with van der Waals surface area (Å²) < 4.78 is 5.27. The second-order valence-electron chi connectivity index (χ2n) is 6.30. The molecular weight excluding hydrogens is 314 g/mol. The molecular formula is C20H25N3O2. The molecule has 0 spiro atoms. The highest BCUT2D eigenvalue weighted by atomic mass is 16.5. The summed E-state index contributed by atoms with van der Waals surface area (Å²) in [6.45, 7) is 4.11. The second-order valence-corrected chi connectivity index (χ2v) is 6.30. The number of nitrogens with one attached hydrogen (secondary N) is 2. The highest BCUT2D eigenvalue weighted by Crippen LogP contribution is 2.24. The first kappa shape index (κ1) is 17.1. The number of carbonyl (C=O) groups excluding carboxylic acids is 1. The molecule has 1 saturated heterocycles. The Morgan fingerprint density at radius 2 is 1.76 bits per heavy atom. The van der Waals surface area contributed by atoms with Crippen LogP contribution in [0.15, 0.2) is 48.5 Å². The number of anilines is 3. The molecule has 3 rings (SSSR count). The molecule has 1 amide bonds. The van der Waals surface area contributed by atoms with E-state index in [4.69, 9.17) is 4.74 Å². The van der Waals surface area contributed by atoms with Crippen LogP contribution in [0.2, 0.25) is 0 Å². The van der Waals surface area contributed by atoms with Crippen LogP contribution in [0.5, 0.6) is 5.75 Å². The molecule has 0 aliphatic carbocycles. The van der Waals surface area contributed by atoms with Crippen LogP contribution >= 0.6 is 0 Å². The number of carbonyl (C=O) groups is 1. The summed E-state index contributed by atoms with van der Waals surface area (Å²) in [6, 6.07) is 15.3. The molecule has 0 saturated carbocycles. The molecule has 5 nitrogen and oxygen atoms in total. The van der Waals surface area contributed by atoms with Crippen molar-refractivity contribution in [1.82, 2.24) is 0 Å². The molecule has 0 radical (unpaired) electrons. The van der Waals surface area contributed by atoms with Gasteiger partial charge in [-0.15, -0.1) is 0 Å². The summed E-state index contributed by atoms with van der Waals surface area (Å²) in [4.78, 5) is 14.8. The van der Waals surface area contributed by atoms with Crippen molar-refractivity contribution in [3.05, 3.63) is 48.5 Å². The van der Waals surface area contributed by atoms with Gasteiger partial charge in [-0.05, 0) is 56.2 Å². The van der Waals surface area contributed by atoms with E-state index in [0.29, 0.717) is 11.4 Å². The standard InChI is InChI=1S/C20H25N3O2/c1-15(20(24)22-18-7-3-4-8-19(18)25-2)21-16-9-11-17(12-10-16)23-13-5-6-14-23/h3-4,7-12,15,21H,5-6,13-14H2,1-2H3,(H,22,24)/t15-/m0/s1. The molecule has 0 unspecified atom stereocenters. The van der Waals surface area contributed by atoms with Crippen LogP contribution < -0.4 is 20.3 Å². The molecule has 25 heavy (non-hydrogen) atoms. The van der Waals surface area contributed by atoms with Gasteiger partial charge in [0.2, 0.25) is 5.91 Å². The summed E-state index contributed by atoms with van der Waals surface area (Å²) in [6.07, 6.45) is 2.53. The summed E-state index contributed by atoms with van der Waals surface area (Å²) in [7, 11) is 1.59. The normalized spacial score (nSPS) is 14.9. The second kappa shape index (κ2) is 7.92. The maximum Gasteiger partial charge on any atom is 0.246 e. The zero-order chi connectivity index (χ0) is 17.6. The van der Waals surface area contributed by atoms with E-state index < -0.39 is 0 Å². The first-order valence-corrected chi connectivity index (χ1v) is 8.73. The van der Waals surface area contributed by atoms with Crippen molar-refractivity contribution in [1.29, 1.82) is 0 Å². The van der Waals surface area contributed by atoms with Gasteiger partial charge in [-0.25, -0.2) is 0 Å². The Morgan fingerprint density at radius 3 is 2.44 bits per heavy atom. The van der Waals surface area contributed by atoms with E-state index in [9.17, 15) is 4.79 Å². The van der Waals surface area contributed by atoms with Gasteiger partial charge in [0.05, 0.1) is 12.8 Å². The van der Waals surface area contributed by atoms with Gasteiger partial charge < -0.3 is 20.3 Å². The fourth-order valence-corrected chi connectivity index (χ4v) is 3.05. The predicted molar refractivity (Wildman–Crippen MR) is 103 cm³/mol. The number of benzene rings is 2. The van der Waals surface area contributed by atoms with Gasteiger partial charge in [0.25, 0.3) is 0 Å². The van der Waals surface area contributed by atoms with Crippen LogP contribution in [-0.4, -0.2) is 32.1 Å². The molecule has 132 valence electrons. The molecule has 1 atom stereocenters.